The molecule has 0 fully saturated rings. The van der Waals surface area contributed by atoms with Crippen molar-refractivity contribution < 1.29 is 24.5 Å². The molecule has 0 aromatic heterocycles. The van der Waals surface area contributed by atoms with Crippen molar-refractivity contribution in [1.29, 1.82) is 0 Å². The molecule has 0 atom stereocenters. The van der Waals surface area contributed by atoms with Crippen molar-refractivity contribution in [2.24, 2.45) is 0 Å². The van der Waals surface area contributed by atoms with Crippen LogP contribution in [0.3, 0.4) is 0 Å². The standard InChI is InChI=1S/C10H19NO5/c1-16-8-6-11(5-7-12)9(13)3-2-4-10(14)15/h12H,2-8H2,1H3,(H,14,15). The van der Waals surface area contributed by atoms with Crippen molar-refractivity contribution in [1.82, 2.24) is 4.90 Å². The number of carbonyl (C=O) groups excluding carboxylic acids is 1. The van der Waals surface area contributed by atoms with E-state index in [1.807, 2.05) is 0 Å². The summed E-state index contributed by atoms with van der Waals surface area (Å²) in [5, 5.41) is 17.2. The number of amides is 1. The van der Waals surface area contributed by atoms with Crippen molar-refractivity contribution in [3.8, 4) is 0 Å². The summed E-state index contributed by atoms with van der Waals surface area (Å²) in [6.07, 6.45) is 0.502. The van der Waals surface area contributed by atoms with Crippen molar-refractivity contribution in [3.05, 3.63) is 0 Å². The maximum atomic E-state index is 11.6. The van der Waals surface area contributed by atoms with Gasteiger partial charge in [0.15, 0.2) is 0 Å². The number of aliphatic hydroxyl groups excluding tert-OH is 1. The molecule has 0 saturated heterocycles. The quantitative estimate of drug-likeness (QED) is 0.571. The fourth-order valence-electron chi connectivity index (χ4n) is 1.23. The molecule has 16 heavy (non-hydrogen) atoms. The predicted molar refractivity (Wildman–Crippen MR) is 57.0 cm³/mol. The third-order valence-electron chi connectivity index (χ3n) is 2.07. The summed E-state index contributed by atoms with van der Waals surface area (Å²) in [6, 6.07) is 0. The van der Waals surface area contributed by atoms with Gasteiger partial charge in [0, 0.05) is 33.0 Å². The van der Waals surface area contributed by atoms with Gasteiger partial charge in [-0.15, -0.1) is 0 Å². The van der Waals surface area contributed by atoms with Crippen LogP contribution in [-0.4, -0.2) is 60.4 Å². The molecule has 6 heteroatoms. The number of carboxylic acid groups (broad SMARTS) is 1. The second-order valence-electron chi connectivity index (χ2n) is 3.34. The molecule has 0 aliphatic rings. The lowest BCUT2D eigenvalue weighted by Gasteiger charge is -2.21. The van der Waals surface area contributed by atoms with E-state index in [1.54, 1.807) is 0 Å². The Bertz CT molecular complexity index is 219. The van der Waals surface area contributed by atoms with E-state index < -0.39 is 5.97 Å². The lowest BCUT2D eigenvalue weighted by molar-refractivity contribution is -0.137. The third kappa shape index (κ3) is 7.19. The number of hydrogen-bond acceptors (Lipinski definition) is 4. The highest BCUT2D eigenvalue weighted by Gasteiger charge is 2.12. The van der Waals surface area contributed by atoms with Gasteiger partial charge in [0.1, 0.15) is 0 Å². The van der Waals surface area contributed by atoms with Gasteiger partial charge in [-0.3, -0.25) is 9.59 Å². The van der Waals surface area contributed by atoms with Gasteiger partial charge in [-0.2, -0.15) is 0 Å². The van der Waals surface area contributed by atoms with Crippen LogP contribution in [0.15, 0.2) is 0 Å². The zero-order chi connectivity index (χ0) is 12.4. The van der Waals surface area contributed by atoms with Crippen molar-refractivity contribution >= 4 is 11.9 Å². The molecule has 1 amide bonds. The molecule has 0 aromatic rings. The highest BCUT2D eigenvalue weighted by Crippen LogP contribution is 2.01. The first kappa shape index (κ1) is 14.9. The summed E-state index contributed by atoms with van der Waals surface area (Å²) < 4.78 is 4.84. The molecule has 0 aliphatic heterocycles. The second-order valence-corrected chi connectivity index (χ2v) is 3.34. The summed E-state index contributed by atoms with van der Waals surface area (Å²) >= 11 is 0. The minimum absolute atomic E-state index is 0.0109. The van der Waals surface area contributed by atoms with Gasteiger partial charge in [-0.05, 0) is 6.42 Å². The largest absolute Gasteiger partial charge is 0.481 e. The van der Waals surface area contributed by atoms with Gasteiger partial charge < -0.3 is 19.8 Å². The minimum atomic E-state index is -0.904. The zero-order valence-corrected chi connectivity index (χ0v) is 9.52. The van der Waals surface area contributed by atoms with Gasteiger partial charge in [0.2, 0.25) is 5.91 Å². The van der Waals surface area contributed by atoms with E-state index in [0.717, 1.165) is 0 Å². The second kappa shape index (κ2) is 9.11. The molecule has 0 heterocycles. The molecule has 0 rings (SSSR count). The van der Waals surface area contributed by atoms with E-state index in [9.17, 15) is 9.59 Å². The van der Waals surface area contributed by atoms with Crippen LogP contribution in [0.2, 0.25) is 0 Å². The van der Waals surface area contributed by atoms with E-state index in [1.165, 1.54) is 12.0 Å². The van der Waals surface area contributed by atoms with Crippen LogP contribution in [0.4, 0.5) is 0 Å². The number of hydrogen-bond donors (Lipinski definition) is 2. The molecule has 0 unspecified atom stereocenters. The van der Waals surface area contributed by atoms with E-state index in [-0.39, 0.29) is 31.9 Å². The molecule has 2 N–H and O–H groups in total. The summed E-state index contributed by atoms with van der Waals surface area (Å²) in [4.78, 5) is 23.3. The Labute approximate surface area is 94.8 Å². The maximum absolute atomic E-state index is 11.6. The van der Waals surface area contributed by atoms with Crippen LogP contribution in [0, 0.1) is 0 Å². The molecule has 0 radical (unpaired) electrons. The van der Waals surface area contributed by atoms with E-state index in [0.29, 0.717) is 19.6 Å². The van der Waals surface area contributed by atoms with Crippen molar-refractivity contribution in [2.75, 3.05) is 33.4 Å². The van der Waals surface area contributed by atoms with Crippen LogP contribution in [-0.2, 0) is 14.3 Å². The molecule has 94 valence electrons. The summed E-state index contributed by atoms with van der Waals surface area (Å²) in [6.45, 7) is 0.983. The molecule has 0 aliphatic carbocycles. The number of rotatable bonds is 9. The van der Waals surface area contributed by atoms with Gasteiger partial charge in [-0.25, -0.2) is 0 Å². The number of carbonyl (C=O) groups is 2. The molecule has 0 spiro atoms. The predicted octanol–water partition coefficient (Wildman–Crippen LogP) is -0.291. The Balaban J connectivity index is 3.90. The first-order valence-corrected chi connectivity index (χ1v) is 5.21. The first-order valence-electron chi connectivity index (χ1n) is 5.21. The smallest absolute Gasteiger partial charge is 0.303 e. The van der Waals surface area contributed by atoms with Crippen molar-refractivity contribution in [3.63, 3.8) is 0 Å². The number of aliphatic carboxylic acids is 1. The normalized spacial score (nSPS) is 10.1. The molecule has 0 aromatic carbocycles. The number of nitrogens with zero attached hydrogens (tertiary/aromatic N) is 1. The number of carboxylic acids is 1. The Kier molecular flexibility index (Phi) is 8.46. The Morgan fingerprint density at radius 3 is 2.44 bits per heavy atom. The van der Waals surface area contributed by atoms with E-state index >= 15 is 0 Å². The highest BCUT2D eigenvalue weighted by atomic mass is 16.5. The van der Waals surface area contributed by atoms with Crippen LogP contribution >= 0.6 is 0 Å². The Morgan fingerprint density at radius 1 is 1.25 bits per heavy atom. The minimum Gasteiger partial charge on any atom is -0.481 e. The zero-order valence-electron chi connectivity index (χ0n) is 9.52. The highest BCUT2D eigenvalue weighted by molar-refractivity contribution is 5.77. The maximum Gasteiger partial charge on any atom is 0.303 e. The summed E-state index contributed by atoms with van der Waals surface area (Å²) in [7, 11) is 1.53. The fraction of sp³-hybridized carbons (Fsp3) is 0.800. The fourth-order valence-corrected chi connectivity index (χ4v) is 1.23. The molecular formula is C10H19NO5. The topological polar surface area (TPSA) is 87.1 Å². The van der Waals surface area contributed by atoms with E-state index in [4.69, 9.17) is 14.9 Å². The summed E-state index contributed by atoms with van der Waals surface area (Å²) in [5.74, 6) is -1.05. The van der Waals surface area contributed by atoms with Crippen LogP contribution in [0.5, 0.6) is 0 Å². The average molecular weight is 233 g/mol. The molecule has 0 saturated carbocycles. The Hall–Kier alpha value is -1.14. The van der Waals surface area contributed by atoms with Crippen LogP contribution < -0.4 is 0 Å². The van der Waals surface area contributed by atoms with Gasteiger partial charge in [-0.1, -0.05) is 0 Å². The SMILES string of the molecule is COCCN(CCO)C(=O)CCCC(=O)O. The van der Waals surface area contributed by atoms with Crippen molar-refractivity contribution in [2.45, 2.75) is 19.3 Å². The van der Waals surface area contributed by atoms with Gasteiger partial charge >= 0.3 is 5.97 Å². The number of aliphatic hydroxyl groups is 1. The monoisotopic (exact) mass is 233 g/mol. The number of methoxy groups -OCH3 is 1. The first-order chi connectivity index (χ1) is 7.61. The molecule has 0 bridgehead atoms. The van der Waals surface area contributed by atoms with Crippen LogP contribution in [0.25, 0.3) is 0 Å². The van der Waals surface area contributed by atoms with Crippen LogP contribution in [0.1, 0.15) is 19.3 Å². The van der Waals surface area contributed by atoms with Gasteiger partial charge in [0.05, 0.1) is 13.2 Å². The lowest BCUT2D eigenvalue weighted by atomic mass is 10.2. The summed E-state index contributed by atoms with van der Waals surface area (Å²) in [5.41, 5.74) is 0. The third-order valence-corrected chi connectivity index (χ3v) is 2.07. The number of ether oxygens (including phenoxy) is 1. The van der Waals surface area contributed by atoms with E-state index in [2.05, 4.69) is 0 Å². The van der Waals surface area contributed by atoms with Gasteiger partial charge in [0.25, 0.3) is 0 Å². The molecule has 6 nitrogen and oxygen atoms in total. The molecular weight excluding hydrogens is 214 g/mol. The Morgan fingerprint density at radius 2 is 1.94 bits per heavy atom. The lowest BCUT2D eigenvalue weighted by Crippen LogP contribution is -2.36. The average Bonchev–Trinajstić information content (AvgIpc) is 2.23.